The molecular weight excluding hydrogens is 454 g/mol. The third-order valence-corrected chi connectivity index (χ3v) is 5.88. The summed E-state index contributed by atoms with van der Waals surface area (Å²) in [5.41, 5.74) is 2.92. The summed E-state index contributed by atoms with van der Waals surface area (Å²) >= 11 is 0. The molecule has 3 rings (SSSR count). The summed E-state index contributed by atoms with van der Waals surface area (Å²) in [6.07, 6.45) is 7.64. The Morgan fingerprint density at radius 3 is 2.50 bits per heavy atom. The molecule has 2 aromatic carbocycles. The molecule has 0 fully saturated rings. The van der Waals surface area contributed by atoms with Crippen molar-refractivity contribution in [2.45, 2.75) is 19.3 Å². The number of likely N-dealkylation sites (N-methyl/N-ethyl adjacent to an activating group) is 1. The largest absolute Gasteiger partial charge is 0.493 e. The van der Waals surface area contributed by atoms with Crippen molar-refractivity contribution in [3.05, 3.63) is 94.4 Å². The zero-order valence-corrected chi connectivity index (χ0v) is 21.3. The van der Waals surface area contributed by atoms with Gasteiger partial charge in [0.15, 0.2) is 11.5 Å². The van der Waals surface area contributed by atoms with Gasteiger partial charge in [-0.15, -0.1) is 0 Å². The Bertz CT molecular complexity index is 1200. The monoisotopic (exact) mass is 489 g/mol. The minimum atomic E-state index is -0.0680. The highest BCUT2D eigenvalue weighted by Gasteiger charge is 2.06. The average Bonchev–Trinajstić information content (AvgIpc) is 2.90. The number of rotatable bonds is 13. The van der Waals surface area contributed by atoms with Gasteiger partial charge in [0.25, 0.3) is 5.56 Å². The van der Waals surface area contributed by atoms with Crippen LogP contribution in [0, 0.1) is 0 Å². The Hall–Kier alpha value is -3.84. The van der Waals surface area contributed by atoms with E-state index in [1.165, 1.54) is 11.6 Å². The fourth-order valence-electron chi connectivity index (χ4n) is 3.81. The second-order valence-corrected chi connectivity index (χ2v) is 8.55. The number of methoxy groups -OCH3 is 2. The molecule has 7 nitrogen and oxygen atoms in total. The van der Waals surface area contributed by atoms with Crippen LogP contribution in [0.3, 0.4) is 0 Å². The molecule has 1 amide bonds. The Morgan fingerprint density at radius 1 is 1.00 bits per heavy atom. The first-order chi connectivity index (χ1) is 17.5. The van der Waals surface area contributed by atoms with Crippen LogP contribution in [0.5, 0.6) is 11.5 Å². The number of nitrogens with zero attached hydrogens (tertiary/aromatic N) is 2. The van der Waals surface area contributed by atoms with Crippen LogP contribution in [0.15, 0.2) is 77.7 Å². The van der Waals surface area contributed by atoms with Gasteiger partial charge in [0.05, 0.1) is 14.2 Å². The van der Waals surface area contributed by atoms with Crippen LogP contribution in [0.2, 0.25) is 0 Å². The van der Waals surface area contributed by atoms with Crippen LogP contribution in [0.25, 0.3) is 11.8 Å². The molecule has 190 valence electrons. The molecular formula is C29H35N3O4. The molecule has 36 heavy (non-hydrogen) atoms. The number of carbonyl (C=O) groups excluding carboxylic acids is 1. The summed E-state index contributed by atoms with van der Waals surface area (Å²) in [5.74, 6) is 1.49. The molecule has 1 N–H and O–H groups in total. The fraction of sp³-hybridized carbons (Fsp3) is 0.310. The number of hydrogen-bond donors (Lipinski definition) is 1. The third-order valence-electron chi connectivity index (χ3n) is 5.88. The zero-order valence-electron chi connectivity index (χ0n) is 21.3. The van der Waals surface area contributed by atoms with Crippen molar-refractivity contribution in [3.63, 3.8) is 0 Å². The minimum Gasteiger partial charge on any atom is -0.493 e. The second-order valence-electron chi connectivity index (χ2n) is 8.55. The number of hydrogen-bond acceptors (Lipinski definition) is 5. The van der Waals surface area contributed by atoms with Gasteiger partial charge in [0.1, 0.15) is 0 Å². The SMILES string of the molecule is COc1ccc(CCN(C)CCCNC(=O)CC=Cc2ccc(-n3ccccc3=O)cc2)cc1OC. The molecule has 0 aliphatic heterocycles. The number of nitrogens with one attached hydrogen (secondary N) is 1. The van der Waals surface area contributed by atoms with Gasteiger partial charge in [-0.05, 0) is 67.9 Å². The Morgan fingerprint density at radius 2 is 1.78 bits per heavy atom. The summed E-state index contributed by atoms with van der Waals surface area (Å²) in [4.78, 5) is 26.3. The fourth-order valence-corrected chi connectivity index (χ4v) is 3.81. The van der Waals surface area contributed by atoms with Crippen molar-refractivity contribution in [1.82, 2.24) is 14.8 Å². The van der Waals surface area contributed by atoms with Gasteiger partial charge in [-0.3, -0.25) is 14.2 Å². The van der Waals surface area contributed by atoms with Crippen LogP contribution in [-0.4, -0.2) is 56.3 Å². The number of benzene rings is 2. The van der Waals surface area contributed by atoms with Crippen molar-refractivity contribution in [3.8, 4) is 17.2 Å². The highest BCUT2D eigenvalue weighted by atomic mass is 16.5. The highest BCUT2D eigenvalue weighted by molar-refractivity contribution is 5.78. The smallest absolute Gasteiger partial charge is 0.255 e. The minimum absolute atomic E-state index is 0.00619. The third kappa shape index (κ3) is 8.13. The predicted octanol–water partition coefficient (Wildman–Crippen LogP) is 3.94. The number of pyridine rings is 1. The molecule has 0 saturated heterocycles. The van der Waals surface area contributed by atoms with E-state index in [1.54, 1.807) is 31.0 Å². The molecule has 0 radical (unpaired) electrons. The van der Waals surface area contributed by atoms with Gasteiger partial charge in [0, 0.05) is 37.5 Å². The molecule has 0 aliphatic carbocycles. The van der Waals surface area contributed by atoms with Gasteiger partial charge in [-0.25, -0.2) is 0 Å². The van der Waals surface area contributed by atoms with E-state index in [9.17, 15) is 9.59 Å². The van der Waals surface area contributed by atoms with Crippen molar-refractivity contribution in [2.24, 2.45) is 0 Å². The van der Waals surface area contributed by atoms with Crippen LogP contribution in [-0.2, 0) is 11.2 Å². The maximum Gasteiger partial charge on any atom is 0.255 e. The number of ether oxygens (including phenoxy) is 2. The number of amides is 1. The summed E-state index contributed by atoms with van der Waals surface area (Å²) in [7, 11) is 5.37. The van der Waals surface area contributed by atoms with Crippen LogP contribution in [0.4, 0.5) is 0 Å². The number of aromatic nitrogens is 1. The molecule has 0 unspecified atom stereocenters. The zero-order chi connectivity index (χ0) is 25.8. The number of carbonyl (C=O) groups is 1. The first-order valence-electron chi connectivity index (χ1n) is 12.1. The summed E-state index contributed by atoms with van der Waals surface area (Å²) in [6.45, 7) is 2.47. The van der Waals surface area contributed by atoms with Crippen molar-refractivity contribution in [2.75, 3.05) is 40.9 Å². The molecule has 0 bridgehead atoms. The van der Waals surface area contributed by atoms with E-state index in [0.717, 1.165) is 48.7 Å². The molecule has 0 saturated carbocycles. The molecule has 0 atom stereocenters. The first-order valence-corrected chi connectivity index (χ1v) is 12.1. The van der Waals surface area contributed by atoms with Crippen LogP contribution in [0.1, 0.15) is 24.0 Å². The van der Waals surface area contributed by atoms with Crippen molar-refractivity contribution < 1.29 is 14.3 Å². The van der Waals surface area contributed by atoms with Gasteiger partial charge in [0.2, 0.25) is 5.91 Å². The Labute approximate surface area is 213 Å². The molecule has 1 aromatic heterocycles. The van der Waals surface area contributed by atoms with Gasteiger partial charge >= 0.3 is 0 Å². The van der Waals surface area contributed by atoms with Gasteiger partial charge in [-0.1, -0.05) is 36.4 Å². The molecule has 1 heterocycles. The maximum absolute atomic E-state index is 12.1. The molecule has 0 spiro atoms. The molecule has 3 aromatic rings. The lowest BCUT2D eigenvalue weighted by Gasteiger charge is -2.17. The molecule has 7 heteroatoms. The quantitative estimate of drug-likeness (QED) is 0.368. The standard InChI is InChI=1S/C29H35N3O4/c1-31(21-17-24-13-16-26(35-2)27(22-24)36-3)19-7-18-30-28(33)9-6-8-23-11-14-25(15-12-23)32-20-5-4-10-29(32)34/h4-6,8,10-16,20,22H,7,9,17-19,21H2,1-3H3,(H,30,33). The second kappa shape index (κ2) is 13.9. The Balaban J connectivity index is 1.32. The van der Waals surface area contributed by atoms with E-state index in [4.69, 9.17) is 9.47 Å². The van der Waals surface area contributed by atoms with Crippen molar-refractivity contribution >= 4 is 12.0 Å². The van der Waals surface area contributed by atoms with E-state index < -0.39 is 0 Å². The average molecular weight is 490 g/mol. The maximum atomic E-state index is 12.1. The van der Waals surface area contributed by atoms with E-state index in [2.05, 4.69) is 23.3 Å². The normalized spacial score (nSPS) is 11.1. The van der Waals surface area contributed by atoms with Crippen LogP contribution < -0.4 is 20.3 Å². The summed E-state index contributed by atoms with van der Waals surface area (Å²) in [6, 6.07) is 18.7. The van der Waals surface area contributed by atoms with Gasteiger partial charge < -0.3 is 19.7 Å². The Kier molecular flexibility index (Phi) is 10.3. The topological polar surface area (TPSA) is 72.8 Å². The lowest BCUT2D eigenvalue weighted by Crippen LogP contribution is -2.28. The lowest BCUT2D eigenvalue weighted by molar-refractivity contribution is -0.120. The molecule has 0 aliphatic rings. The summed E-state index contributed by atoms with van der Waals surface area (Å²) < 4.78 is 12.2. The first kappa shape index (κ1) is 26.8. The van der Waals surface area contributed by atoms with E-state index >= 15 is 0 Å². The van der Waals surface area contributed by atoms with E-state index in [-0.39, 0.29) is 11.5 Å². The van der Waals surface area contributed by atoms with E-state index in [1.807, 2.05) is 54.6 Å². The lowest BCUT2D eigenvalue weighted by atomic mass is 10.1. The van der Waals surface area contributed by atoms with Gasteiger partial charge in [-0.2, -0.15) is 0 Å². The predicted molar refractivity (Wildman–Crippen MR) is 144 cm³/mol. The van der Waals surface area contributed by atoms with Crippen LogP contribution >= 0.6 is 0 Å². The summed E-state index contributed by atoms with van der Waals surface area (Å²) in [5, 5.41) is 2.98. The highest BCUT2D eigenvalue weighted by Crippen LogP contribution is 2.27. The van der Waals surface area contributed by atoms with Crippen molar-refractivity contribution in [1.29, 1.82) is 0 Å². The van der Waals surface area contributed by atoms with E-state index in [0.29, 0.717) is 13.0 Å².